The number of thiophene rings is 2. The lowest BCUT2D eigenvalue weighted by Crippen LogP contribution is -2.36. The Kier molecular flexibility index (Phi) is 4.95. The zero-order valence-corrected chi connectivity index (χ0v) is 17.0. The number of hydrogen-bond donors (Lipinski definition) is 0. The zero-order valence-electron chi connectivity index (χ0n) is 15.4. The molecule has 1 aliphatic heterocycles. The van der Waals surface area contributed by atoms with Crippen molar-refractivity contribution >= 4 is 28.4 Å². The summed E-state index contributed by atoms with van der Waals surface area (Å²) < 4.78 is 5.46. The van der Waals surface area contributed by atoms with E-state index in [0.29, 0.717) is 0 Å². The molecule has 0 bridgehead atoms. The largest absolute Gasteiger partial charge is 0.378 e. The minimum atomic E-state index is 0.806. The van der Waals surface area contributed by atoms with Crippen molar-refractivity contribution in [2.24, 2.45) is 0 Å². The van der Waals surface area contributed by atoms with E-state index in [1.165, 1.54) is 26.6 Å². The van der Waals surface area contributed by atoms with Gasteiger partial charge in [0.15, 0.2) is 0 Å². The first-order valence-corrected chi connectivity index (χ1v) is 11.2. The molecule has 0 spiro atoms. The highest BCUT2D eigenvalue weighted by Crippen LogP contribution is 2.34. The van der Waals surface area contributed by atoms with Crippen LogP contribution >= 0.6 is 22.7 Å². The first kappa shape index (κ1) is 17.6. The van der Waals surface area contributed by atoms with Gasteiger partial charge in [0.1, 0.15) is 0 Å². The summed E-state index contributed by atoms with van der Waals surface area (Å²) in [5.74, 6) is 0. The maximum absolute atomic E-state index is 5.46. The van der Waals surface area contributed by atoms with E-state index in [-0.39, 0.29) is 0 Å². The lowest BCUT2D eigenvalue weighted by atomic mass is 10.0. The van der Waals surface area contributed by atoms with Gasteiger partial charge in [-0.3, -0.25) is 0 Å². The summed E-state index contributed by atoms with van der Waals surface area (Å²) in [5.41, 5.74) is 5.75. The summed E-state index contributed by atoms with van der Waals surface area (Å²) in [5, 5.41) is 4.21. The molecule has 0 N–H and O–H groups in total. The molecule has 3 nitrogen and oxygen atoms in total. The van der Waals surface area contributed by atoms with Gasteiger partial charge in [0.2, 0.25) is 0 Å². The SMILES string of the molecule is c1csc(-c2cc(-c3ccc(N4CCOCC4)cc3)cc(-c3cccs3)n2)c1. The molecule has 0 radical (unpaired) electrons. The molecule has 5 rings (SSSR count). The molecule has 0 unspecified atom stereocenters. The van der Waals surface area contributed by atoms with Crippen molar-refractivity contribution in [2.45, 2.75) is 0 Å². The normalized spacial score (nSPS) is 14.4. The van der Waals surface area contributed by atoms with Crippen LogP contribution in [0, 0.1) is 0 Å². The summed E-state index contributed by atoms with van der Waals surface area (Å²) in [6.07, 6.45) is 0. The fraction of sp³-hybridized carbons (Fsp3) is 0.174. The van der Waals surface area contributed by atoms with E-state index in [2.05, 4.69) is 76.3 Å². The van der Waals surface area contributed by atoms with Gasteiger partial charge in [-0.1, -0.05) is 24.3 Å². The Labute approximate surface area is 172 Å². The Morgan fingerprint density at radius 2 is 1.36 bits per heavy atom. The van der Waals surface area contributed by atoms with E-state index in [0.717, 1.165) is 37.7 Å². The van der Waals surface area contributed by atoms with E-state index in [1.54, 1.807) is 22.7 Å². The van der Waals surface area contributed by atoms with E-state index in [1.807, 2.05) is 0 Å². The molecular weight excluding hydrogens is 384 g/mol. The van der Waals surface area contributed by atoms with Crippen molar-refractivity contribution in [3.05, 3.63) is 71.4 Å². The summed E-state index contributed by atoms with van der Waals surface area (Å²) in [7, 11) is 0. The Morgan fingerprint density at radius 3 is 1.89 bits per heavy atom. The third kappa shape index (κ3) is 3.61. The Balaban J connectivity index is 1.53. The number of pyridine rings is 1. The van der Waals surface area contributed by atoms with Crippen LogP contribution in [-0.4, -0.2) is 31.3 Å². The summed E-state index contributed by atoms with van der Waals surface area (Å²) in [6.45, 7) is 3.53. The van der Waals surface area contributed by atoms with Gasteiger partial charge < -0.3 is 9.64 Å². The fourth-order valence-electron chi connectivity index (χ4n) is 3.48. The van der Waals surface area contributed by atoms with Crippen LogP contribution < -0.4 is 4.90 Å². The second-order valence-corrected chi connectivity index (χ2v) is 8.62. The third-order valence-electron chi connectivity index (χ3n) is 4.95. The van der Waals surface area contributed by atoms with Crippen molar-refractivity contribution < 1.29 is 4.74 Å². The zero-order chi connectivity index (χ0) is 18.8. The van der Waals surface area contributed by atoms with Gasteiger partial charge in [-0.05, 0) is 58.3 Å². The van der Waals surface area contributed by atoms with Crippen LogP contribution in [0.4, 0.5) is 5.69 Å². The van der Waals surface area contributed by atoms with Gasteiger partial charge in [-0.2, -0.15) is 0 Å². The molecule has 4 aromatic rings. The maximum Gasteiger partial charge on any atom is 0.0815 e. The monoisotopic (exact) mass is 404 g/mol. The van der Waals surface area contributed by atoms with E-state index in [4.69, 9.17) is 9.72 Å². The van der Waals surface area contributed by atoms with Crippen LogP contribution in [0.3, 0.4) is 0 Å². The van der Waals surface area contributed by atoms with Crippen LogP contribution in [0.15, 0.2) is 71.4 Å². The number of morpholine rings is 1. The molecule has 1 saturated heterocycles. The molecule has 28 heavy (non-hydrogen) atoms. The molecule has 0 aliphatic carbocycles. The smallest absolute Gasteiger partial charge is 0.0815 e. The minimum absolute atomic E-state index is 0.806. The molecule has 0 atom stereocenters. The van der Waals surface area contributed by atoms with Crippen LogP contribution in [0.25, 0.3) is 32.3 Å². The lowest BCUT2D eigenvalue weighted by molar-refractivity contribution is 0.122. The van der Waals surface area contributed by atoms with E-state index in [9.17, 15) is 0 Å². The van der Waals surface area contributed by atoms with Gasteiger partial charge in [-0.25, -0.2) is 4.98 Å². The highest BCUT2D eigenvalue weighted by Gasteiger charge is 2.13. The highest BCUT2D eigenvalue weighted by molar-refractivity contribution is 7.13. The van der Waals surface area contributed by atoms with Crippen molar-refractivity contribution in [1.82, 2.24) is 4.98 Å². The van der Waals surface area contributed by atoms with Crippen LogP contribution in [0.1, 0.15) is 0 Å². The number of benzene rings is 1. The molecule has 1 fully saturated rings. The van der Waals surface area contributed by atoms with Gasteiger partial charge in [0.05, 0.1) is 34.4 Å². The number of anilines is 1. The molecule has 0 saturated carbocycles. The number of ether oxygens (including phenoxy) is 1. The molecule has 0 amide bonds. The Bertz CT molecular complexity index is 982. The van der Waals surface area contributed by atoms with Gasteiger partial charge in [0.25, 0.3) is 0 Å². The van der Waals surface area contributed by atoms with Crippen LogP contribution in [0.2, 0.25) is 0 Å². The van der Waals surface area contributed by atoms with Gasteiger partial charge >= 0.3 is 0 Å². The number of hydrogen-bond acceptors (Lipinski definition) is 5. The van der Waals surface area contributed by atoms with Crippen molar-refractivity contribution in [3.8, 4) is 32.3 Å². The van der Waals surface area contributed by atoms with Crippen molar-refractivity contribution in [3.63, 3.8) is 0 Å². The minimum Gasteiger partial charge on any atom is -0.378 e. The average Bonchev–Trinajstić information content (AvgIpc) is 3.48. The first-order chi connectivity index (χ1) is 13.9. The van der Waals surface area contributed by atoms with Crippen LogP contribution in [-0.2, 0) is 4.74 Å². The summed E-state index contributed by atoms with van der Waals surface area (Å²) in [4.78, 5) is 9.71. The topological polar surface area (TPSA) is 25.4 Å². The molecule has 140 valence electrons. The molecule has 1 aromatic carbocycles. The molecule has 5 heteroatoms. The predicted molar refractivity (Wildman–Crippen MR) is 119 cm³/mol. The average molecular weight is 405 g/mol. The van der Waals surface area contributed by atoms with E-state index >= 15 is 0 Å². The summed E-state index contributed by atoms with van der Waals surface area (Å²) in [6, 6.07) is 21.7. The molecule has 4 heterocycles. The fourth-order valence-corrected chi connectivity index (χ4v) is 4.86. The number of rotatable bonds is 4. The molecular formula is C23H20N2OS2. The number of aromatic nitrogens is 1. The predicted octanol–water partition coefficient (Wildman–Crippen LogP) is 6.04. The quantitative estimate of drug-likeness (QED) is 0.414. The molecule has 3 aromatic heterocycles. The standard InChI is InChI=1S/C23H20N2OS2/c1-3-22(27-13-1)20-15-18(16-21(24-20)23-4-2-14-28-23)17-5-7-19(8-6-17)25-9-11-26-12-10-25/h1-8,13-16H,9-12H2. The first-order valence-electron chi connectivity index (χ1n) is 9.40. The third-order valence-corrected chi connectivity index (χ3v) is 6.73. The van der Waals surface area contributed by atoms with Gasteiger partial charge in [-0.15, -0.1) is 22.7 Å². The van der Waals surface area contributed by atoms with Crippen molar-refractivity contribution in [2.75, 3.05) is 31.2 Å². The summed E-state index contributed by atoms with van der Waals surface area (Å²) >= 11 is 3.46. The van der Waals surface area contributed by atoms with Gasteiger partial charge in [0, 0.05) is 18.8 Å². The van der Waals surface area contributed by atoms with Crippen molar-refractivity contribution in [1.29, 1.82) is 0 Å². The Hall–Kier alpha value is -2.47. The maximum atomic E-state index is 5.46. The van der Waals surface area contributed by atoms with Crippen LogP contribution in [0.5, 0.6) is 0 Å². The van der Waals surface area contributed by atoms with E-state index < -0.39 is 0 Å². The highest BCUT2D eigenvalue weighted by atomic mass is 32.1. The molecule has 1 aliphatic rings. The number of nitrogens with zero attached hydrogens (tertiary/aromatic N) is 2. The second kappa shape index (κ2) is 7.87. The second-order valence-electron chi connectivity index (χ2n) is 6.73. The Morgan fingerprint density at radius 1 is 0.750 bits per heavy atom. The lowest BCUT2D eigenvalue weighted by Gasteiger charge is -2.28.